The Labute approximate surface area is 218 Å². The molecule has 2 aliphatic rings. The first kappa shape index (κ1) is 29.5. The number of allylic oxidation sites excluding steroid dienone is 1. The Morgan fingerprint density at radius 3 is 2.55 bits per heavy atom. The first-order chi connectivity index (χ1) is 18.1. The zero-order valence-corrected chi connectivity index (χ0v) is 20.7. The number of phenols is 1. The maximum Gasteiger partial charge on any atom is 0.331 e. The predicted molar refractivity (Wildman–Crippen MR) is 127 cm³/mol. The SMILES string of the molecule is COc1cc(/C=C\C(=O)O[C@H]2[C@H](O[C@@H]3C[C@H](OC)[C@H](O)[C@@H](O)/C3=C/C#N)O[C@H](CO)[C@@H](O)[C@@H]2O)ccc1O. The molecule has 1 aromatic rings. The van der Waals surface area contributed by atoms with Crippen LogP contribution in [-0.2, 0) is 23.7 Å². The molecule has 1 heterocycles. The molecule has 9 atom stereocenters. The monoisotopic (exact) mass is 537 g/mol. The fraction of sp³-hybridized carbons (Fsp3) is 0.520. The van der Waals surface area contributed by atoms with Gasteiger partial charge in [-0.2, -0.15) is 5.26 Å². The predicted octanol–water partition coefficient (Wildman–Crippen LogP) is -1.26. The van der Waals surface area contributed by atoms with E-state index in [2.05, 4.69) is 0 Å². The van der Waals surface area contributed by atoms with Crippen LogP contribution in [0.2, 0.25) is 0 Å². The average molecular weight is 538 g/mol. The summed E-state index contributed by atoms with van der Waals surface area (Å²) in [7, 11) is 2.68. The summed E-state index contributed by atoms with van der Waals surface area (Å²) in [5, 5.41) is 70.2. The van der Waals surface area contributed by atoms with Crippen LogP contribution in [0.5, 0.6) is 11.5 Å². The highest BCUT2D eigenvalue weighted by Gasteiger charge is 2.50. The third-order valence-electron chi connectivity index (χ3n) is 6.39. The molecule has 208 valence electrons. The number of aliphatic hydroxyl groups is 5. The molecular formula is C25H31NO12. The van der Waals surface area contributed by atoms with Crippen LogP contribution in [0.4, 0.5) is 0 Å². The van der Waals surface area contributed by atoms with E-state index in [-0.39, 0.29) is 23.5 Å². The number of carbonyl (C=O) groups is 1. The van der Waals surface area contributed by atoms with E-state index in [1.165, 1.54) is 38.5 Å². The van der Waals surface area contributed by atoms with Gasteiger partial charge >= 0.3 is 5.97 Å². The molecule has 1 saturated heterocycles. The van der Waals surface area contributed by atoms with E-state index in [4.69, 9.17) is 28.9 Å². The number of aromatic hydroxyl groups is 1. The van der Waals surface area contributed by atoms with Crippen molar-refractivity contribution in [3.05, 3.63) is 41.5 Å². The molecule has 1 saturated carbocycles. The summed E-state index contributed by atoms with van der Waals surface area (Å²) in [5.74, 6) is -0.865. The number of aliphatic hydroxyl groups excluding tert-OH is 5. The summed E-state index contributed by atoms with van der Waals surface area (Å²) in [5.41, 5.74) is 0.487. The maximum atomic E-state index is 12.6. The number of benzene rings is 1. The number of methoxy groups -OCH3 is 2. The van der Waals surface area contributed by atoms with Crippen LogP contribution in [0.15, 0.2) is 35.9 Å². The van der Waals surface area contributed by atoms with Gasteiger partial charge in [-0.15, -0.1) is 0 Å². The van der Waals surface area contributed by atoms with Crippen LogP contribution in [0.1, 0.15) is 12.0 Å². The van der Waals surface area contributed by atoms with Crippen molar-refractivity contribution in [1.29, 1.82) is 5.26 Å². The summed E-state index contributed by atoms with van der Waals surface area (Å²) < 4.78 is 27.0. The van der Waals surface area contributed by atoms with Gasteiger partial charge in [0.05, 0.1) is 32.0 Å². The molecule has 1 aliphatic heterocycles. The van der Waals surface area contributed by atoms with Crippen LogP contribution < -0.4 is 4.74 Å². The highest BCUT2D eigenvalue weighted by Crippen LogP contribution is 2.33. The first-order valence-corrected chi connectivity index (χ1v) is 11.7. The minimum absolute atomic E-state index is 0.00399. The average Bonchev–Trinajstić information content (AvgIpc) is 2.91. The lowest BCUT2D eigenvalue weighted by Gasteiger charge is -2.44. The Kier molecular flexibility index (Phi) is 10.2. The molecule has 0 spiro atoms. The third kappa shape index (κ3) is 6.49. The second kappa shape index (κ2) is 13.1. The number of nitrogens with zero attached hydrogens (tertiary/aromatic N) is 1. The van der Waals surface area contributed by atoms with Crippen molar-refractivity contribution in [2.45, 2.75) is 61.5 Å². The smallest absolute Gasteiger partial charge is 0.331 e. The van der Waals surface area contributed by atoms with Crippen LogP contribution >= 0.6 is 0 Å². The summed E-state index contributed by atoms with van der Waals surface area (Å²) >= 11 is 0. The largest absolute Gasteiger partial charge is 0.504 e. The zero-order chi connectivity index (χ0) is 28.0. The molecule has 3 rings (SSSR count). The van der Waals surface area contributed by atoms with E-state index in [0.29, 0.717) is 5.56 Å². The van der Waals surface area contributed by atoms with Crippen molar-refractivity contribution in [1.82, 2.24) is 0 Å². The summed E-state index contributed by atoms with van der Waals surface area (Å²) in [4.78, 5) is 12.6. The Morgan fingerprint density at radius 1 is 1.18 bits per heavy atom. The van der Waals surface area contributed by atoms with E-state index in [9.17, 15) is 35.4 Å². The fourth-order valence-electron chi connectivity index (χ4n) is 4.29. The van der Waals surface area contributed by atoms with E-state index in [0.717, 1.165) is 12.2 Å². The molecule has 6 N–H and O–H groups in total. The Morgan fingerprint density at radius 2 is 1.92 bits per heavy atom. The first-order valence-electron chi connectivity index (χ1n) is 11.7. The van der Waals surface area contributed by atoms with Gasteiger partial charge in [0.2, 0.25) is 0 Å². The van der Waals surface area contributed by atoms with Crippen molar-refractivity contribution in [2.24, 2.45) is 0 Å². The van der Waals surface area contributed by atoms with Gasteiger partial charge in [0.15, 0.2) is 23.9 Å². The second-order valence-electron chi connectivity index (χ2n) is 8.72. The minimum Gasteiger partial charge on any atom is -0.504 e. The third-order valence-corrected chi connectivity index (χ3v) is 6.39. The number of ether oxygens (including phenoxy) is 5. The molecule has 13 heteroatoms. The summed E-state index contributed by atoms with van der Waals surface area (Å²) in [6, 6.07) is 6.12. The maximum absolute atomic E-state index is 12.6. The molecule has 38 heavy (non-hydrogen) atoms. The molecule has 0 bridgehead atoms. The van der Waals surface area contributed by atoms with E-state index in [1.54, 1.807) is 6.07 Å². The van der Waals surface area contributed by atoms with Crippen molar-refractivity contribution in [3.63, 3.8) is 0 Å². The summed E-state index contributed by atoms with van der Waals surface area (Å²) in [6.45, 7) is -0.699. The molecule has 1 aliphatic carbocycles. The molecule has 0 amide bonds. The van der Waals surface area contributed by atoms with Crippen LogP contribution in [0.3, 0.4) is 0 Å². The van der Waals surface area contributed by atoms with Crippen molar-refractivity contribution >= 4 is 12.0 Å². The van der Waals surface area contributed by atoms with Gasteiger partial charge in [-0.3, -0.25) is 0 Å². The van der Waals surface area contributed by atoms with Gasteiger partial charge in [0, 0.05) is 31.3 Å². The Hall–Kier alpha value is -3.06. The van der Waals surface area contributed by atoms with Gasteiger partial charge in [0.25, 0.3) is 0 Å². The number of carbonyl (C=O) groups excluding carboxylic acids is 1. The van der Waals surface area contributed by atoms with Crippen molar-refractivity contribution < 1.29 is 59.1 Å². The topological polar surface area (TPSA) is 208 Å². The van der Waals surface area contributed by atoms with Crippen LogP contribution in [0, 0.1) is 11.3 Å². The van der Waals surface area contributed by atoms with Gasteiger partial charge in [0.1, 0.15) is 30.5 Å². The zero-order valence-electron chi connectivity index (χ0n) is 20.7. The van der Waals surface area contributed by atoms with E-state index >= 15 is 0 Å². The van der Waals surface area contributed by atoms with Crippen LogP contribution in [-0.4, -0.2) is 113 Å². The van der Waals surface area contributed by atoms with Crippen LogP contribution in [0.25, 0.3) is 6.08 Å². The van der Waals surface area contributed by atoms with Gasteiger partial charge in [-0.1, -0.05) is 6.07 Å². The number of rotatable bonds is 8. The lowest BCUT2D eigenvalue weighted by Crippen LogP contribution is -2.61. The quantitative estimate of drug-likeness (QED) is 0.130. The number of hydrogen-bond acceptors (Lipinski definition) is 13. The lowest BCUT2D eigenvalue weighted by atomic mass is 9.84. The lowest BCUT2D eigenvalue weighted by molar-refractivity contribution is -0.314. The normalized spacial score (nSPS) is 34.7. The van der Waals surface area contributed by atoms with Gasteiger partial charge in [-0.05, 0) is 23.8 Å². The highest BCUT2D eigenvalue weighted by molar-refractivity contribution is 5.87. The highest BCUT2D eigenvalue weighted by atomic mass is 16.7. The molecule has 13 nitrogen and oxygen atoms in total. The molecule has 0 unspecified atom stereocenters. The van der Waals surface area contributed by atoms with Gasteiger partial charge in [-0.25, -0.2) is 4.79 Å². The van der Waals surface area contributed by atoms with E-state index in [1.807, 2.05) is 0 Å². The fourth-order valence-corrected chi connectivity index (χ4v) is 4.29. The number of nitriles is 1. The van der Waals surface area contributed by atoms with E-state index < -0.39 is 67.7 Å². The summed E-state index contributed by atoms with van der Waals surface area (Å²) in [6.07, 6.45) is -9.29. The second-order valence-corrected chi connectivity index (χ2v) is 8.72. The Balaban J connectivity index is 1.83. The molecule has 2 fully saturated rings. The minimum atomic E-state index is -1.74. The molecule has 1 aromatic carbocycles. The molecule has 0 radical (unpaired) electrons. The number of hydrogen-bond donors (Lipinski definition) is 6. The number of phenolic OH excluding ortho intramolecular Hbond substituents is 1. The molecule has 0 aromatic heterocycles. The van der Waals surface area contributed by atoms with Crippen molar-refractivity contribution in [2.75, 3.05) is 20.8 Å². The number of esters is 1. The van der Waals surface area contributed by atoms with Gasteiger partial charge < -0.3 is 54.3 Å². The van der Waals surface area contributed by atoms with Crippen molar-refractivity contribution in [3.8, 4) is 17.6 Å². The standard InChI is InChI=1S/C25H31NO12/c1-34-16-9-12(3-5-14(16)28)4-6-19(29)38-24-23(33)22(32)18(11-27)37-25(24)36-15-10-17(35-2)21(31)20(30)13(15)7-8-26/h3-7,9,15,17-18,20-25,27-28,30-33H,10-11H2,1-2H3/b6-4-,13-7+/t15-,17+,18-,20+,21+,22-,23+,24-,25-/m1/s1. The molecular weight excluding hydrogens is 506 g/mol. The Bertz CT molecular complexity index is 1070.